The summed E-state index contributed by atoms with van der Waals surface area (Å²) in [5, 5.41) is 0. The topological polar surface area (TPSA) is 29.9 Å². The van der Waals surface area contributed by atoms with E-state index in [1.807, 2.05) is 42.2 Å². The normalized spacial score (nSPS) is 6.70. The van der Waals surface area contributed by atoms with Gasteiger partial charge in [-0.2, -0.15) is 0 Å². The molecule has 0 spiro atoms. The summed E-state index contributed by atoms with van der Waals surface area (Å²) in [5.74, 6) is 0. The molecule has 2 N–H and O–H groups in total. The molecule has 2 radical (unpaired) electrons. The summed E-state index contributed by atoms with van der Waals surface area (Å²) in [7, 11) is 2.00. The van der Waals surface area contributed by atoms with E-state index in [0.717, 1.165) is 0 Å². The molecule has 1 aromatic heterocycles. The van der Waals surface area contributed by atoms with Crippen LogP contribution in [0.2, 0.25) is 0 Å². The quantitative estimate of drug-likeness (QED) is 0.249. The van der Waals surface area contributed by atoms with Crippen molar-refractivity contribution >= 4 is 26.1 Å². The maximum absolute atomic E-state index is 4.67. The molecule has 0 saturated heterocycles. The molecule has 0 bridgehead atoms. The van der Waals surface area contributed by atoms with Gasteiger partial charge < -0.3 is 24.0 Å². The van der Waals surface area contributed by atoms with Gasteiger partial charge in [-0.05, 0) is 0 Å². The Morgan fingerprint density at radius 1 is 1.10 bits per heavy atom. The zero-order valence-electron chi connectivity index (χ0n) is 5.87. The molecule has 1 rings (SSSR count). The first-order valence-electron chi connectivity index (χ1n) is 2.63. The zero-order chi connectivity index (χ0) is 7.11. The summed E-state index contributed by atoms with van der Waals surface area (Å²) in [6.07, 6.45) is 4.00. The van der Waals surface area contributed by atoms with Crippen molar-refractivity contribution in [2.45, 2.75) is 0 Å². The fourth-order valence-electron chi connectivity index (χ4n) is 0.485. The van der Waals surface area contributed by atoms with Gasteiger partial charge in [0.1, 0.15) is 7.05 Å². The fourth-order valence-corrected chi connectivity index (χ4v) is 0.485. The van der Waals surface area contributed by atoms with E-state index < -0.39 is 0 Å². The van der Waals surface area contributed by atoms with E-state index in [4.69, 9.17) is 0 Å². The monoisotopic (exact) mass is 446 g/mol. The van der Waals surface area contributed by atoms with E-state index >= 15 is 0 Å². The molecular weight excluding hydrogens is 434 g/mol. The van der Waals surface area contributed by atoms with Crippen molar-refractivity contribution in [1.29, 1.82) is 0 Å². The summed E-state index contributed by atoms with van der Waals surface area (Å²) in [6, 6.07) is 6.00. The van der Waals surface area contributed by atoms with Crippen LogP contribution in [0, 0.1) is 0 Å². The molecule has 0 aliphatic carbocycles. The van der Waals surface area contributed by atoms with Crippen LogP contribution < -0.4 is 32.1 Å². The third-order valence-corrected chi connectivity index (χ3v) is 0.865. The van der Waals surface area contributed by atoms with E-state index in [9.17, 15) is 0 Å². The van der Waals surface area contributed by atoms with Crippen LogP contribution in [0.3, 0.4) is 0 Å². The molecule has 10 heavy (non-hydrogen) atoms. The van der Waals surface area contributed by atoms with Gasteiger partial charge in [-0.25, -0.2) is 4.57 Å². The fraction of sp³-hybridized carbons (Fsp3) is 0.167. The van der Waals surface area contributed by atoms with Gasteiger partial charge in [0.2, 0.25) is 0 Å². The Labute approximate surface area is 94.9 Å². The molecule has 56 valence electrons. The number of pyridine rings is 1. The molecule has 0 saturated carbocycles. The summed E-state index contributed by atoms with van der Waals surface area (Å²) in [6.45, 7) is 0. The third-order valence-electron chi connectivity index (χ3n) is 0.865. The first kappa shape index (κ1) is 13.4. The van der Waals surface area contributed by atoms with Crippen molar-refractivity contribution in [2.24, 2.45) is 10.6 Å². The molecule has 0 aromatic carbocycles. The number of aromatic nitrogens is 1. The van der Waals surface area contributed by atoms with Gasteiger partial charge in [-0.1, -0.05) is 6.07 Å². The van der Waals surface area contributed by atoms with Gasteiger partial charge in [0.15, 0.2) is 12.4 Å². The molecule has 2 nitrogen and oxygen atoms in total. The van der Waals surface area contributed by atoms with Crippen LogP contribution in [0.15, 0.2) is 30.6 Å². The summed E-state index contributed by atoms with van der Waals surface area (Å²) in [5.41, 5.74) is 0. The Hall–Kier alpha value is 0.762. The van der Waals surface area contributed by atoms with Crippen molar-refractivity contribution in [3.05, 3.63) is 30.6 Å². The van der Waals surface area contributed by atoms with E-state index in [1.165, 1.54) is 0 Å². The van der Waals surface area contributed by atoms with Crippen LogP contribution in [0.4, 0.5) is 0 Å². The number of nitrogens with zero attached hydrogens (tertiary/aromatic N) is 1. The predicted octanol–water partition coefficient (Wildman–Crippen LogP) is -3.72. The van der Waals surface area contributed by atoms with Crippen LogP contribution in [0.5, 0.6) is 0 Å². The minimum absolute atomic E-state index is 0. The average molecular weight is 445 g/mol. The predicted molar refractivity (Wildman–Crippen MR) is 39.0 cm³/mol. The van der Waals surface area contributed by atoms with E-state index in [1.54, 1.807) is 0 Å². The van der Waals surface area contributed by atoms with E-state index in [0.29, 0.717) is 26.1 Å². The van der Waals surface area contributed by atoms with Gasteiger partial charge >= 0.3 is 29.6 Å². The SMILES string of the molecule is C[n+]1ccccc1.[I-].[NH2][PbH]. The molecule has 0 atom stereocenters. The van der Waals surface area contributed by atoms with Crippen LogP contribution >= 0.6 is 0 Å². The first-order valence-corrected chi connectivity index (χ1v) is 5.22. The van der Waals surface area contributed by atoms with Crippen LogP contribution in [0.25, 0.3) is 0 Å². The molecule has 1 aromatic rings. The number of aryl methyl sites for hydroxylation is 1. The Balaban J connectivity index is 0. The van der Waals surface area contributed by atoms with Crippen molar-refractivity contribution in [3.8, 4) is 0 Å². The number of halogens is 1. The number of hydrogen-bond acceptors (Lipinski definition) is 1. The van der Waals surface area contributed by atoms with Crippen molar-refractivity contribution in [2.75, 3.05) is 0 Å². The van der Waals surface area contributed by atoms with Crippen molar-refractivity contribution in [1.82, 2.24) is 0 Å². The van der Waals surface area contributed by atoms with E-state index in [2.05, 4.69) is 3.54 Å². The Bertz CT molecular complexity index is 146. The second-order valence-corrected chi connectivity index (χ2v) is 1.54. The molecule has 0 aliphatic heterocycles. The molecule has 1 heterocycles. The first-order chi connectivity index (χ1) is 4.39. The van der Waals surface area contributed by atoms with Crippen molar-refractivity contribution < 1.29 is 28.5 Å². The summed E-state index contributed by atoms with van der Waals surface area (Å²) >= 11 is 0.667. The molecule has 0 aliphatic rings. The second kappa shape index (κ2) is 9.76. The Kier molecular flexibility index (Phi) is 13.0. The number of nitrogens with two attached hydrogens (primary N) is 1. The standard InChI is InChI=1S/C6H8N.HI.H2N.Pb.H/c1-7-5-3-2-4-6-7;;;;/h2-6H,1H3;1H;1H2;;/q+1;;-1;+1;/p-1. The molecule has 0 fully saturated rings. The van der Waals surface area contributed by atoms with Crippen molar-refractivity contribution in [3.63, 3.8) is 0 Å². The average Bonchev–Trinajstić information content (AvgIpc) is 1.94. The molecular formula is C6H11IN2Pb. The minimum atomic E-state index is 0. The van der Waals surface area contributed by atoms with Gasteiger partial charge in [0, 0.05) is 12.1 Å². The second-order valence-electron chi connectivity index (χ2n) is 1.54. The van der Waals surface area contributed by atoms with Crippen LogP contribution in [0.1, 0.15) is 0 Å². The molecule has 4 heteroatoms. The molecule has 0 amide bonds. The summed E-state index contributed by atoms with van der Waals surface area (Å²) < 4.78 is 6.67. The van der Waals surface area contributed by atoms with Gasteiger partial charge in [0.05, 0.1) is 0 Å². The Morgan fingerprint density at radius 3 is 1.70 bits per heavy atom. The van der Waals surface area contributed by atoms with Crippen LogP contribution in [-0.2, 0) is 7.05 Å². The Morgan fingerprint density at radius 2 is 1.50 bits per heavy atom. The van der Waals surface area contributed by atoms with E-state index in [-0.39, 0.29) is 24.0 Å². The number of rotatable bonds is 0. The zero-order valence-corrected chi connectivity index (χ0v) is 12.5. The summed E-state index contributed by atoms with van der Waals surface area (Å²) in [4.78, 5) is 0. The van der Waals surface area contributed by atoms with Gasteiger partial charge in [-0.3, -0.25) is 0 Å². The van der Waals surface area contributed by atoms with Gasteiger partial charge in [-0.15, -0.1) is 0 Å². The third kappa shape index (κ3) is 6.88. The number of hydrogen-bond donors (Lipinski definition) is 1. The van der Waals surface area contributed by atoms with Gasteiger partial charge in [0.25, 0.3) is 0 Å². The maximum atomic E-state index is 4.67. The molecule has 0 unspecified atom stereocenters. The van der Waals surface area contributed by atoms with Crippen LogP contribution in [-0.4, -0.2) is 26.1 Å².